The highest BCUT2D eigenvalue weighted by molar-refractivity contribution is 5.72. The Morgan fingerprint density at radius 1 is 1.22 bits per heavy atom. The Morgan fingerprint density at radius 2 is 1.96 bits per heavy atom. The minimum atomic E-state index is -4.96. The van der Waals surface area contributed by atoms with Crippen LogP contribution in [0.2, 0.25) is 0 Å². The first-order chi connectivity index (χ1) is 12.6. The van der Waals surface area contributed by atoms with Crippen LogP contribution in [0.1, 0.15) is 13.8 Å². The average Bonchev–Trinajstić information content (AvgIpc) is 2.59. The molecule has 0 aliphatic rings. The number of hydrogen-bond acceptors (Lipinski definition) is 4. The van der Waals surface area contributed by atoms with Gasteiger partial charge in [-0.05, 0) is 36.2 Å². The molecule has 1 heterocycles. The summed E-state index contributed by atoms with van der Waals surface area (Å²) in [6.07, 6.45) is -3.45. The Balaban J connectivity index is 2.06. The van der Waals surface area contributed by atoms with E-state index in [0.717, 1.165) is 12.1 Å². The Bertz CT molecular complexity index is 796. The molecule has 1 atom stereocenters. The van der Waals surface area contributed by atoms with Crippen LogP contribution in [0.5, 0.6) is 5.75 Å². The van der Waals surface area contributed by atoms with Crippen LogP contribution in [-0.2, 0) is 4.79 Å². The first-order valence-corrected chi connectivity index (χ1v) is 8.14. The minimum absolute atomic E-state index is 0.104. The molecule has 2 N–H and O–H groups in total. The van der Waals surface area contributed by atoms with Crippen LogP contribution in [0.15, 0.2) is 36.5 Å². The number of nitrogens with one attached hydrogen (secondary N) is 2. The fourth-order valence-corrected chi connectivity index (χ4v) is 2.25. The van der Waals surface area contributed by atoms with Crippen LogP contribution in [0, 0.1) is 11.7 Å². The van der Waals surface area contributed by atoms with E-state index in [1.807, 2.05) is 6.92 Å². The average molecular weight is 385 g/mol. The third kappa shape index (κ3) is 6.76. The number of rotatable bonds is 7. The maximum Gasteiger partial charge on any atom is 0.573 e. The number of anilines is 1. The molecule has 2 rings (SSSR count). The van der Waals surface area contributed by atoms with Crippen molar-refractivity contribution in [2.45, 2.75) is 20.2 Å². The maximum absolute atomic E-state index is 13.9. The molecule has 1 aromatic heterocycles. The van der Waals surface area contributed by atoms with Crippen LogP contribution >= 0.6 is 0 Å². The molecule has 0 aliphatic heterocycles. The number of aromatic nitrogens is 1. The second-order valence-corrected chi connectivity index (χ2v) is 6.05. The van der Waals surface area contributed by atoms with Crippen molar-refractivity contribution in [3.63, 3.8) is 0 Å². The van der Waals surface area contributed by atoms with Gasteiger partial charge in [-0.1, -0.05) is 6.92 Å². The zero-order valence-corrected chi connectivity index (χ0v) is 14.7. The lowest BCUT2D eigenvalue weighted by molar-refractivity contribution is -0.275. The van der Waals surface area contributed by atoms with Gasteiger partial charge in [-0.25, -0.2) is 4.39 Å². The van der Waals surface area contributed by atoms with Crippen molar-refractivity contribution in [3.8, 4) is 17.0 Å². The minimum Gasteiger partial charge on any atom is -0.403 e. The molecule has 9 heteroatoms. The molecule has 5 nitrogen and oxygen atoms in total. The number of carbonyl (C=O) groups is 1. The van der Waals surface area contributed by atoms with Gasteiger partial charge in [0.1, 0.15) is 0 Å². The van der Waals surface area contributed by atoms with E-state index < -0.39 is 17.9 Å². The summed E-state index contributed by atoms with van der Waals surface area (Å²) in [7, 11) is 0. The fraction of sp³-hybridized carbons (Fsp3) is 0.333. The van der Waals surface area contributed by atoms with Gasteiger partial charge in [0.25, 0.3) is 0 Å². The third-order valence-electron chi connectivity index (χ3n) is 3.57. The van der Waals surface area contributed by atoms with Gasteiger partial charge in [-0.15, -0.1) is 13.2 Å². The van der Waals surface area contributed by atoms with Crippen LogP contribution in [0.3, 0.4) is 0 Å². The monoisotopic (exact) mass is 385 g/mol. The first-order valence-electron chi connectivity index (χ1n) is 8.14. The number of pyridine rings is 1. The number of carbonyl (C=O) groups excluding carboxylic acids is 1. The molecule has 0 aliphatic carbocycles. The topological polar surface area (TPSA) is 63.2 Å². The molecule has 0 unspecified atom stereocenters. The van der Waals surface area contributed by atoms with E-state index in [-0.39, 0.29) is 11.8 Å². The van der Waals surface area contributed by atoms with Crippen LogP contribution in [0.4, 0.5) is 23.2 Å². The molecule has 0 radical (unpaired) electrons. The van der Waals surface area contributed by atoms with Crippen molar-refractivity contribution >= 4 is 11.6 Å². The van der Waals surface area contributed by atoms with Crippen molar-refractivity contribution in [1.29, 1.82) is 0 Å². The predicted molar refractivity (Wildman–Crippen MR) is 92.7 cm³/mol. The van der Waals surface area contributed by atoms with E-state index in [4.69, 9.17) is 0 Å². The molecule has 0 saturated heterocycles. The highest BCUT2D eigenvalue weighted by Gasteiger charge is 2.32. The largest absolute Gasteiger partial charge is 0.573 e. The van der Waals surface area contributed by atoms with Crippen molar-refractivity contribution < 1.29 is 27.1 Å². The van der Waals surface area contributed by atoms with Crippen LogP contribution < -0.4 is 15.4 Å². The normalized spacial score (nSPS) is 12.4. The zero-order chi connectivity index (χ0) is 20.0. The van der Waals surface area contributed by atoms with Gasteiger partial charge in [-0.3, -0.25) is 9.78 Å². The van der Waals surface area contributed by atoms with Gasteiger partial charge < -0.3 is 15.4 Å². The summed E-state index contributed by atoms with van der Waals surface area (Å²) >= 11 is 0. The molecule has 0 spiro atoms. The van der Waals surface area contributed by atoms with E-state index in [0.29, 0.717) is 30.0 Å². The van der Waals surface area contributed by atoms with Gasteiger partial charge in [0.05, 0.1) is 5.69 Å². The summed E-state index contributed by atoms with van der Waals surface area (Å²) in [6.45, 7) is 4.50. The van der Waals surface area contributed by atoms with Gasteiger partial charge in [0.15, 0.2) is 11.6 Å². The fourth-order valence-electron chi connectivity index (χ4n) is 2.25. The quantitative estimate of drug-likeness (QED) is 0.708. The Morgan fingerprint density at radius 3 is 2.59 bits per heavy atom. The Kier molecular flexibility index (Phi) is 6.59. The van der Waals surface area contributed by atoms with E-state index in [2.05, 4.69) is 20.4 Å². The van der Waals surface area contributed by atoms with Crippen molar-refractivity contribution in [1.82, 2.24) is 10.3 Å². The smallest absolute Gasteiger partial charge is 0.403 e. The number of halogens is 4. The standard InChI is InChI=1S/C18H19F4N3O2/c1-11(9-24-12(2)26)10-25-14-5-6-23-16(8-14)13-3-4-17(15(19)7-13)27-18(20,21)22/h3-8,11H,9-10H2,1-2H3,(H,23,25)(H,24,26)/t11-/m0/s1. The predicted octanol–water partition coefficient (Wildman–Crippen LogP) is 3.97. The van der Waals surface area contributed by atoms with Crippen molar-refractivity contribution in [2.75, 3.05) is 18.4 Å². The molecule has 0 saturated carbocycles. The van der Waals surface area contributed by atoms with E-state index in [1.165, 1.54) is 19.2 Å². The highest BCUT2D eigenvalue weighted by Crippen LogP contribution is 2.29. The van der Waals surface area contributed by atoms with Crippen LogP contribution in [-0.4, -0.2) is 30.3 Å². The molecule has 0 fully saturated rings. The number of hydrogen-bond donors (Lipinski definition) is 2. The summed E-state index contributed by atoms with van der Waals surface area (Å²) in [5, 5.41) is 5.90. The molecule has 1 amide bonds. The SMILES string of the molecule is CC(=O)NC[C@H](C)CNc1ccnc(-c2ccc(OC(F)(F)F)c(F)c2)c1. The van der Waals surface area contributed by atoms with Gasteiger partial charge in [0.2, 0.25) is 5.91 Å². The lowest BCUT2D eigenvalue weighted by atomic mass is 10.1. The van der Waals surface area contributed by atoms with Crippen molar-refractivity contribution in [2.24, 2.45) is 5.92 Å². The second kappa shape index (κ2) is 8.70. The first kappa shape index (κ1) is 20.5. The maximum atomic E-state index is 13.9. The zero-order valence-electron chi connectivity index (χ0n) is 14.7. The van der Waals surface area contributed by atoms with Gasteiger partial charge in [-0.2, -0.15) is 0 Å². The Hall–Kier alpha value is -2.84. The summed E-state index contributed by atoms with van der Waals surface area (Å²) < 4.78 is 54.1. The molecule has 146 valence electrons. The number of alkyl halides is 3. The van der Waals surface area contributed by atoms with Gasteiger partial charge in [0, 0.05) is 37.5 Å². The van der Waals surface area contributed by atoms with E-state index in [1.54, 1.807) is 12.1 Å². The summed E-state index contributed by atoms with van der Waals surface area (Å²) in [6, 6.07) is 6.52. The summed E-state index contributed by atoms with van der Waals surface area (Å²) in [5.74, 6) is -1.96. The number of nitrogens with zero attached hydrogens (tertiary/aromatic N) is 1. The van der Waals surface area contributed by atoms with Crippen LogP contribution in [0.25, 0.3) is 11.3 Å². The Labute approximate surface area is 153 Å². The molecule has 1 aromatic carbocycles. The second-order valence-electron chi connectivity index (χ2n) is 6.05. The third-order valence-corrected chi connectivity index (χ3v) is 3.57. The van der Waals surface area contributed by atoms with E-state index in [9.17, 15) is 22.4 Å². The number of ether oxygens (including phenoxy) is 1. The molecule has 0 bridgehead atoms. The molecule has 2 aromatic rings. The van der Waals surface area contributed by atoms with E-state index >= 15 is 0 Å². The van der Waals surface area contributed by atoms with Crippen molar-refractivity contribution in [3.05, 3.63) is 42.3 Å². The lowest BCUT2D eigenvalue weighted by Gasteiger charge is -2.14. The number of benzene rings is 1. The molecular formula is C18H19F4N3O2. The summed E-state index contributed by atoms with van der Waals surface area (Å²) in [5.41, 5.74) is 1.43. The summed E-state index contributed by atoms with van der Waals surface area (Å²) in [4.78, 5) is 15.0. The van der Waals surface area contributed by atoms with Gasteiger partial charge >= 0.3 is 6.36 Å². The number of amides is 1. The molecular weight excluding hydrogens is 366 g/mol. The lowest BCUT2D eigenvalue weighted by Crippen LogP contribution is -2.29. The highest BCUT2D eigenvalue weighted by atomic mass is 19.4. The molecule has 27 heavy (non-hydrogen) atoms.